The standard InChI is InChI=1S/C19H18FN5O2/c20-12-2-1-10(7-13(12)21)18(26)24-15-3-4-16(15)25-19(27)17-8-11-9-22-6-5-14(11)23-17/h1-2,5-9,15-16,23H,3-4,21H2,(H,24,26)(H,25,27)/t15-,16+/m1/s1. The summed E-state index contributed by atoms with van der Waals surface area (Å²) in [5.41, 5.74) is 7.00. The number of H-pyrrole nitrogens is 1. The average molecular weight is 367 g/mol. The Balaban J connectivity index is 1.39. The van der Waals surface area contributed by atoms with Gasteiger partial charge in [0.1, 0.15) is 11.5 Å². The molecule has 0 unspecified atom stereocenters. The largest absolute Gasteiger partial charge is 0.396 e. The second-order valence-corrected chi connectivity index (χ2v) is 6.62. The zero-order valence-electron chi connectivity index (χ0n) is 14.3. The Morgan fingerprint density at radius 2 is 1.85 bits per heavy atom. The van der Waals surface area contributed by atoms with Crippen LogP contribution in [0.4, 0.5) is 10.1 Å². The molecule has 2 aromatic heterocycles. The zero-order chi connectivity index (χ0) is 19.0. The van der Waals surface area contributed by atoms with E-state index >= 15 is 0 Å². The van der Waals surface area contributed by atoms with Gasteiger partial charge in [0.2, 0.25) is 0 Å². The van der Waals surface area contributed by atoms with E-state index in [-0.39, 0.29) is 35.1 Å². The summed E-state index contributed by atoms with van der Waals surface area (Å²) in [4.78, 5) is 31.9. The third-order valence-corrected chi connectivity index (χ3v) is 4.83. The first-order valence-electron chi connectivity index (χ1n) is 8.61. The molecule has 0 spiro atoms. The lowest BCUT2D eigenvalue weighted by molar-refractivity contribution is 0.0827. The number of nitrogens with one attached hydrogen (secondary N) is 3. The van der Waals surface area contributed by atoms with Gasteiger partial charge in [0, 0.05) is 40.9 Å². The average Bonchev–Trinajstić information content (AvgIpc) is 3.09. The molecule has 2 heterocycles. The van der Waals surface area contributed by atoms with Crippen LogP contribution in [0, 0.1) is 5.82 Å². The highest BCUT2D eigenvalue weighted by Gasteiger charge is 2.34. The number of nitrogens with two attached hydrogens (primary N) is 1. The lowest BCUT2D eigenvalue weighted by Crippen LogP contribution is -2.58. The summed E-state index contributed by atoms with van der Waals surface area (Å²) in [7, 11) is 0. The lowest BCUT2D eigenvalue weighted by atomic mass is 9.86. The molecule has 0 aliphatic heterocycles. The molecule has 1 aliphatic carbocycles. The molecule has 2 amide bonds. The van der Waals surface area contributed by atoms with Gasteiger partial charge in [-0.25, -0.2) is 4.39 Å². The molecule has 8 heteroatoms. The molecule has 0 saturated heterocycles. The summed E-state index contributed by atoms with van der Waals surface area (Å²) >= 11 is 0. The SMILES string of the molecule is Nc1cc(C(=O)N[C@@H]2CC[C@@H]2NC(=O)c2cc3cnccc3[nH]2)ccc1F. The van der Waals surface area contributed by atoms with Crippen LogP contribution in [0.15, 0.2) is 42.7 Å². The Morgan fingerprint density at radius 1 is 1.11 bits per heavy atom. The topological polar surface area (TPSA) is 113 Å². The number of carbonyl (C=O) groups is 2. The van der Waals surface area contributed by atoms with E-state index in [1.165, 1.54) is 12.1 Å². The van der Waals surface area contributed by atoms with Crippen LogP contribution in [-0.4, -0.2) is 33.9 Å². The van der Waals surface area contributed by atoms with E-state index in [0.29, 0.717) is 5.69 Å². The molecular formula is C19H18FN5O2. The number of rotatable bonds is 4. The predicted molar refractivity (Wildman–Crippen MR) is 98.6 cm³/mol. The fourth-order valence-corrected chi connectivity index (χ4v) is 3.12. The molecule has 1 aliphatic rings. The number of benzene rings is 1. The maximum atomic E-state index is 13.2. The Hall–Kier alpha value is -3.42. The molecular weight excluding hydrogens is 349 g/mol. The monoisotopic (exact) mass is 367 g/mol. The predicted octanol–water partition coefficient (Wildman–Crippen LogP) is 1.97. The molecule has 1 saturated carbocycles. The molecule has 1 aromatic carbocycles. The van der Waals surface area contributed by atoms with E-state index in [1.807, 2.05) is 0 Å². The summed E-state index contributed by atoms with van der Waals surface area (Å²) < 4.78 is 13.2. The van der Waals surface area contributed by atoms with Crippen LogP contribution in [0.1, 0.15) is 33.7 Å². The Kier molecular flexibility index (Phi) is 4.23. The molecule has 1 fully saturated rings. The first-order chi connectivity index (χ1) is 13.0. The van der Waals surface area contributed by atoms with Gasteiger partial charge in [0.25, 0.3) is 11.8 Å². The molecule has 138 valence electrons. The summed E-state index contributed by atoms with van der Waals surface area (Å²) in [6.07, 6.45) is 4.86. The van der Waals surface area contributed by atoms with Gasteiger partial charge in [-0.2, -0.15) is 0 Å². The van der Waals surface area contributed by atoms with Crippen molar-refractivity contribution in [3.05, 3.63) is 59.8 Å². The number of nitrogens with zero attached hydrogens (tertiary/aromatic N) is 1. The number of pyridine rings is 1. The van der Waals surface area contributed by atoms with Gasteiger partial charge in [0.15, 0.2) is 0 Å². The van der Waals surface area contributed by atoms with Crippen molar-refractivity contribution >= 4 is 28.4 Å². The van der Waals surface area contributed by atoms with Crippen molar-refractivity contribution in [3.63, 3.8) is 0 Å². The number of hydrogen-bond donors (Lipinski definition) is 4. The van der Waals surface area contributed by atoms with E-state index in [1.54, 1.807) is 24.5 Å². The number of carbonyl (C=O) groups excluding carboxylic acids is 2. The van der Waals surface area contributed by atoms with Crippen molar-refractivity contribution in [2.75, 3.05) is 5.73 Å². The first kappa shape index (κ1) is 17.0. The second kappa shape index (κ2) is 6.71. The third-order valence-electron chi connectivity index (χ3n) is 4.83. The smallest absolute Gasteiger partial charge is 0.268 e. The van der Waals surface area contributed by atoms with E-state index < -0.39 is 5.82 Å². The molecule has 3 aromatic rings. The van der Waals surface area contributed by atoms with Gasteiger partial charge < -0.3 is 21.4 Å². The number of anilines is 1. The van der Waals surface area contributed by atoms with Crippen LogP contribution in [-0.2, 0) is 0 Å². The van der Waals surface area contributed by atoms with Gasteiger partial charge in [-0.05, 0) is 43.2 Å². The maximum absolute atomic E-state index is 13.2. The van der Waals surface area contributed by atoms with Crippen molar-refractivity contribution in [1.82, 2.24) is 20.6 Å². The summed E-state index contributed by atoms with van der Waals surface area (Å²) in [6, 6.07) is 7.04. The van der Waals surface area contributed by atoms with Crippen molar-refractivity contribution in [3.8, 4) is 0 Å². The van der Waals surface area contributed by atoms with E-state index in [9.17, 15) is 14.0 Å². The minimum Gasteiger partial charge on any atom is -0.396 e. The zero-order valence-corrected chi connectivity index (χ0v) is 14.3. The molecule has 0 radical (unpaired) electrons. The second-order valence-electron chi connectivity index (χ2n) is 6.62. The Labute approximate surface area is 154 Å². The van der Waals surface area contributed by atoms with Crippen LogP contribution in [0.25, 0.3) is 10.9 Å². The summed E-state index contributed by atoms with van der Waals surface area (Å²) in [5, 5.41) is 6.65. The maximum Gasteiger partial charge on any atom is 0.268 e. The van der Waals surface area contributed by atoms with E-state index in [0.717, 1.165) is 29.8 Å². The van der Waals surface area contributed by atoms with Crippen LogP contribution in [0.5, 0.6) is 0 Å². The minimum atomic E-state index is -0.561. The van der Waals surface area contributed by atoms with Crippen molar-refractivity contribution < 1.29 is 14.0 Å². The molecule has 5 N–H and O–H groups in total. The van der Waals surface area contributed by atoms with E-state index in [4.69, 9.17) is 5.73 Å². The lowest BCUT2D eigenvalue weighted by Gasteiger charge is -2.37. The molecule has 7 nitrogen and oxygen atoms in total. The fraction of sp³-hybridized carbons (Fsp3) is 0.211. The molecule has 0 bridgehead atoms. The number of aromatic amines is 1. The molecule has 2 atom stereocenters. The Morgan fingerprint density at radius 3 is 2.52 bits per heavy atom. The molecule has 4 rings (SSSR count). The van der Waals surface area contributed by atoms with Crippen LogP contribution in [0.2, 0.25) is 0 Å². The van der Waals surface area contributed by atoms with Gasteiger partial charge in [-0.3, -0.25) is 14.6 Å². The quantitative estimate of drug-likeness (QED) is 0.528. The fourth-order valence-electron chi connectivity index (χ4n) is 3.12. The number of nitrogen functional groups attached to an aromatic ring is 1. The van der Waals surface area contributed by atoms with Gasteiger partial charge >= 0.3 is 0 Å². The van der Waals surface area contributed by atoms with Gasteiger partial charge in [-0.1, -0.05) is 0 Å². The normalized spacial score (nSPS) is 18.7. The van der Waals surface area contributed by atoms with Crippen LogP contribution >= 0.6 is 0 Å². The Bertz CT molecular complexity index is 999. The summed E-state index contributed by atoms with van der Waals surface area (Å²) in [5.74, 6) is -1.14. The number of hydrogen-bond acceptors (Lipinski definition) is 4. The highest BCUT2D eigenvalue weighted by molar-refractivity contribution is 5.98. The highest BCUT2D eigenvalue weighted by Crippen LogP contribution is 2.22. The van der Waals surface area contributed by atoms with Crippen LogP contribution < -0.4 is 16.4 Å². The number of fused-ring (bicyclic) bond motifs is 1. The highest BCUT2D eigenvalue weighted by atomic mass is 19.1. The van der Waals surface area contributed by atoms with Crippen molar-refractivity contribution in [2.45, 2.75) is 24.9 Å². The number of amides is 2. The molecule has 27 heavy (non-hydrogen) atoms. The van der Waals surface area contributed by atoms with Crippen molar-refractivity contribution in [2.24, 2.45) is 0 Å². The summed E-state index contributed by atoms with van der Waals surface area (Å²) in [6.45, 7) is 0. The third kappa shape index (κ3) is 3.33. The number of halogens is 1. The number of aromatic nitrogens is 2. The first-order valence-corrected chi connectivity index (χ1v) is 8.61. The minimum absolute atomic E-state index is 0.0746. The van der Waals surface area contributed by atoms with Crippen LogP contribution in [0.3, 0.4) is 0 Å². The van der Waals surface area contributed by atoms with Gasteiger partial charge in [0.05, 0.1) is 5.69 Å². The van der Waals surface area contributed by atoms with Crippen molar-refractivity contribution in [1.29, 1.82) is 0 Å². The van der Waals surface area contributed by atoms with E-state index in [2.05, 4.69) is 20.6 Å². The van der Waals surface area contributed by atoms with Gasteiger partial charge in [-0.15, -0.1) is 0 Å².